The molecule has 0 amide bonds. The van der Waals surface area contributed by atoms with Crippen molar-refractivity contribution in [3.05, 3.63) is 11.6 Å². The zero-order valence-electron chi connectivity index (χ0n) is 13.7. The maximum absolute atomic E-state index is 12.6. The first kappa shape index (κ1) is 15.1. The molecule has 0 aromatic rings. The summed E-state index contributed by atoms with van der Waals surface area (Å²) in [7, 11) is 0. The molecular weight excluding hydrogens is 288 g/mol. The molecule has 4 aliphatic carbocycles. The predicted molar refractivity (Wildman–Crippen MR) is 86.3 cm³/mol. The van der Waals surface area contributed by atoms with E-state index in [2.05, 4.69) is 12.8 Å². The number of hydrogen-bond acceptors (Lipinski definition) is 3. The van der Waals surface area contributed by atoms with E-state index in [0.717, 1.165) is 31.3 Å². The first-order valence-electron chi connectivity index (χ1n) is 8.87. The van der Waals surface area contributed by atoms with Crippen molar-refractivity contribution in [3.8, 4) is 12.3 Å². The second-order valence-corrected chi connectivity index (χ2v) is 8.27. The Balaban J connectivity index is 1.70. The van der Waals surface area contributed by atoms with Crippen molar-refractivity contribution >= 4 is 11.6 Å². The number of carbonyl (C=O) groups excluding carboxylic acids is 2. The highest BCUT2D eigenvalue weighted by Gasteiger charge is 2.62. The molecule has 122 valence electrons. The Hall–Kier alpha value is -1.40. The maximum Gasteiger partial charge on any atom is 0.159 e. The molecule has 0 bridgehead atoms. The Morgan fingerprint density at radius 2 is 2.00 bits per heavy atom. The predicted octanol–water partition coefficient (Wildman–Crippen LogP) is 2.67. The molecule has 23 heavy (non-hydrogen) atoms. The minimum absolute atomic E-state index is 0.103. The van der Waals surface area contributed by atoms with Crippen molar-refractivity contribution in [1.29, 1.82) is 0 Å². The van der Waals surface area contributed by atoms with Crippen LogP contribution in [0.4, 0.5) is 0 Å². The van der Waals surface area contributed by atoms with Crippen LogP contribution < -0.4 is 0 Å². The molecule has 1 N–H and O–H groups in total. The van der Waals surface area contributed by atoms with Crippen LogP contribution in [0.1, 0.15) is 51.9 Å². The number of terminal acetylenes is 1. The molecular formula is C20H24O3. The molecule has 0 aromatic carbocycles. The summed E-state index contributed by atoms with van der Waals surface area (Å²) in [6.07, 6.45) is 12.7. The van der Waals surface area contributed by atoms with E-state index in [1.54, 1.807) is 6.08 Å². The van der Waals surface area contributed by atoms with Crippen molar-refractivity contribution in [1.82, 2.24) is 0 Å². The van der Waals surface area contributed by atoms with Crippen molar-refractivity contribution in [2.75, 3.05) is 0 Å². The van der Waals surface area contributed by atoms with Crippen molar-refractivity contribution < 1.29 is 14.7 Å². The summed E-state index contributed by atoms with van der Waals surface area (Å²) in [4.78, 5) is 24.3. The van der Waals surface area contributed by atoms with Gasteiger partial charge in [-0.2, -0.15) is 0 Å². The standard InChI is InChI=1S/C20H24O3/c1-3-20(23)9-7-17-15-11-18(22)16-10-12(21)4-5-13(16)14(15)6-8-19(17,20)2/h1,10,13-15,17,23H,4-9,11H2,2H3/t13?,14-,15-,17+,19+,20+/m1/s1. The quantitative estimate of drug-likeness (QED) is 0.700. The van der Waals surface area contributed by atoms with Crippen LogP contribution in [0.3, 0.4) is 0 Å². The first-order chi connectivity index (χ1) is 10.9. The Morgan fingerprint density at radius 3 is 2.74 bits per heavy atom. The van der Waals surface area contributed by atoms with Crippen molar-refractivity contribution in [2.45, 2.75) is 57.5 Å². The molecule has 1 unspecified atom stereocenters. The van der Waals surface area contributed by atoms with Gasteiger partial charge in [-0.3, -0.25) is 9.59 Å². The molecule has 4 rings (SSSR count). The number of carbonyl (C=O) groups is 2. The van der Waals surface area contributed by atoms with Gasteiger partial charge in [-0.25, -0.2) is 0 Å². The number of fused-ring (bicyclic) bond motifs is 5. The minimum atomic E-state index is -1.02. The number of aliphatic hydroxyl groups is 1. The Morgan fingerprint density at radius 1 is 1.22 bits per heavy atom. The van der Waals surface area contributed by atoms with E-state index in [1.807, 2.05) is 0 Å². The smallest absolute Gasteiger partial charge is 0.159 e. The lowest BCUT2D eigenvalue weighted by Gasteiger charge is -2.54. The number of rotatable bonds is 0. The third-order valence-corrected chi connectivity index (χ3v) is 7.56. The van der Waals surface area contributed by atoms with Crippen LogP contribution in [-0.4, -0.2) is 22.3 Å². The number of allylic oxidation sites excluding steroid dienone is 1. The highest BCUT2D eigenvalue weighted by atomic mass is 16.3. The van der Waals surface area contributed by atoms with E-state index in [0.29, 0.717) is 37.0 Å². The average molecular weight is 312 g/mol. The fourth-order valence-electron chi connectivity index (χ4n) is 6.23. The molecule has 0 aromatic heterocycles. The summed E-state index contributed by atoms with van der Waals surface area (Å²) in [5.74, 6) is 4.30. The SMILES string of the molecule is C#C[C@]1(O)CC[C@H]2[C@@H]3CC(=O)C4=CC(=O)CCC4[C@H]3CC[C@@]21C. The number of hydrogen-bond donors (Lipinski definition) is 1. The fourth-order valence-corrected chi connectivity index (χ4v) is 6.23. The molecule has 3 heteroatoms. The number of ketones is 2. The summed E-state index contributed by atoms with van der Waals surface area (Å²) in [5.41, 5.74) is -0.504. The molecule has 0 saturated heterocycles. The molecule has 4 aliphatic rings. The second-order valence-electron chi connectivity index (χ2n) is 8.27. The molecule has 0 aliphatic heterocycles. The van der Waals surface area contributed by atoms with E-state index in [9.17, 15) is 14.7 Å². The van der Waals surface area contributed by atoms with Gasteiger partial charge < -0.3 is 5.11 Å². The lowest BCUT2D eigenvalue weighted by Crippen LogP contribution is -2.53. The molecule has 6 atom stereocenters. The van der Waals surface area contributed by atoms with E-state index in [4.69, 9.17) is 6.42 Å². The van der Waals surface area contributed by atoms with Gasteiger partial charge in [0, 0.05) is 23.8 Å². The topological polar surface area (TPSA) is 54.4 Å². The van der Waals surface area contributed by atoms with Crippen LogP contribution >= 0.6 is 0 Å². The van der Waals surface area contributed by atoms with Gasteiger partial charge in [-0.15, -0.1) is 6.42 Å². The average Bonchev–Trinajstić information content (AvgIpc) is 2.80. The summed E-state index contributed by atoms with van der Waals surface area (Å²) >= 11 is 0. The van der Waals surface area contributed by atoms with Crippen molar-refractivity contribution in [3.63, 3.8) is 0 Å². The Labute approximate surface area is 137 Å². The molecule has 0 heterocycles. The Kier molecular flexibility index (Phi) is 3.16. The minimum Gasteiger partial charge on any atom is -0.377 e. The van der Waals surface area contributed by atoms with Gasteiger partial charge in [0.05, 0.1) is 0 Å². The van der Waals surface area contributed by atoms with E-state index >= 15 is 0 Å². The highest BCUT2D eigenvalue weighted by Crippen LogP contribution is 2.64. The van der Waals surface area contributed by atoms with Crippen LogP contribution in [0.25, 0.3) is 0 Å². The van der Waals surface area contributed by atoms with Crippen LogP contribution in [-0.2, 0) is 9.59 Å². The van der Waals surface area contributed by atoms with Gasteiger partial charge in [0.1, 0.15) is 5.60 Å². The highest BCUT2D eigenvalue weighted by molar-refractivity contribution is 6.05. The van der Waals surface area contributed by atoms with Gasteiger partial charge in [-0.05, 0) is 61.9 Å². The normalized spacial score (nSPS) is 48.8. The molecule has 0 spiro atoms. The van der Waals surface area contributed by atoms with Crippen LogP contribution in [0.15, 0.2) is 11.6 Å². The third-order valence-electron chi connectivity index (χ3n) is 7.56. The van der Waals surface area contributed by atoms with Gasteiger partial charge in [0.25, 0.3) is 0 Å². The fraction of sp³-hybridized carbons (Fsp3) is 0.700. The van der Waals surface area contributed by atoms with E-state index < -0.39 is 5.60 Å². The maximum atomic E-state index is 12.6. The van der Waals surface area contributed by atoms with Crippen LogP contribution in [0, 0.1) is 41.4 Å². The van der Waals surface area contributed by atoms with Gasteiger partial charge in [-0.1, -0.05) is 12.8 Å². The zero-order valence-corrected chi connectivity index (χ0v) is 13.7. The molecule has 0 radical (unpaired) electrons. The van der Waals surface area contributed by atoms with Gasteiger partial charge in [0.15, 0.2) is 11.6 Å². The zero-order chi connectivity index (χ0) is 16.4. The number of Topliss-reactive ketones (excluding diaryl/α,β-unsaturated/α-hetero) is 1. The van der Waals surface area contributed by atoms with Crippen LogP contribution in [0.5, 0.6) is 0 Å². The largest absolute Gasteiger partial charge is 0.377 e. The molecule has 3 saturated carbocycles. The van der Waals surface area contributed by atoms with E-state index in [-0.39, 0.29) is 22.9 Å². The van der Waals surface area contributed by atoms with E-state index in [1.165, 1.54) is 0 Å². The van der Waals surface area contributed by atoms with Gasteiger partial charge >= 0.3 is 0 Å². The lowest BCUT2D eigenvalue weighted by molar-refractivity contribution is -0.130. The molecule has 3 nitrogen and oxygen atoms in total. The lowest BCUT2D eigenvalue weighted by atomic mass is 9.50. The summed E-state index contributed by atoms with van der Waals surface area (Å²) in [5, 5.41) is 10.9. The first-order valence-corrected chi connectivity index (χ1v) is 8.87. The summed E-state index contributed by atoms with van der Waals surface area (Å²) < 4.78 is 0. The second kappa shape index (κ2) is 4.80. The summed E-state index contributed by atoms with van der Waals surface area (Å²) in [6.45, 7) is 2.13. The molecule has 3 fully saturated rings. The van der Waals surface area contributed by atoms with Crippen LogP contribution in [0.2, 0.25) is 0 Å². The Bertz CT molecular complexity index is 654. The summed E-state index contributed by atoms with van der Waals surface area (Å²) in [6, 6.07) is 0. The monoisotopic (exact) mass is 312 g/mol. The van der Waals surface area contributed by atoms with Crippen molar-refractivity contribution in [2.24, 2.45) is 29.1 Å². The van der Waals surface area contributed by atoms with Gasteiger partial charge in [0.2, 0.25) is 0 Å². The third kappa shape index (κ3) is 1.88.